The summed E-state index contributed by atoms with van der Waals surface area (Å²) >= 11 is 0. The van der Waals surface area contributed by atoms with E-state index in [1.165, 1.54) is 24.3 Å². The molecule has 0 aromatic heterocycles. The molecule has 2 aromatic rings. The molecule has 1 aliphatic rings. The van der Waals surface area contributed by atoms with Crippen LogP contribution >= 0.6 is 0 Å². The Kier molecular flexibility index (Phi) is 6.71. The topological polar surface area (TPSA) is 49.8 Å². The van der Waals surface area contributed by atoms with Crippen molar-refractivity contribution < 1.29 is 27.8 Å². The summed E-state index contributed by atoms with van der Waals surface area (Å²) in [5.74, 6) is -2.20. The Morgan fingerprint density at radius 1 is 1.13 bits per heavy atom. The van der Waals surface area contributed by atoms with Crippen molar-refractivity contribution in [2.75, 3.05) is 26.2 Å². The van der Waals surface area contributed by atoms with Gasteiger partial charge in [0.2, 0.25) is 0 Å². The van der Waals surface area contributed by atoms with E-state index in [1.807, 2.05) is 0 Å². The normalized spacial score (nSPS) is 15.9. The maximum atomic E-state index is 14.5. The van der Waals surface area contributed by atoms with Gasteiger partial charge in [-0.2, -0.15) is 0 Å². The van der Waals surface area contributed by atoms with Gasteiger partial charge in [-0.15, -0.1) is 0 Å². The smallest absolute Gasteiger partial charge is 0.335 e. The number of piperidine rings is 1. The van der Waals surface area contributed by atoms with Crippen LogP contribution in [0.25, 0.3) is 11.1 Å². The zero-order chi connectivity index (χ0) is 21.9. The van der Waals surface area contributed by atoms with E-state index < -0.39 is 23.3 Å². The summed E-state index contributed by atoms with van der Waals surface area (Å²) in [7, 11) is 0. The minimum atomic E-state index is -1.23. The second kappa shape index (κ2) is 9.08. The molecule has 2 aromatic carbocycles. The number of hydrogen-bond acceptors (Lipinski definition) is 3. The molecule has 0 atom stereocenters. The van der Waals surface area contributed by atoms with Crippen molar-refractivity contribution in [2.45, 2.75) is 32.4 Å². The molecule has 0 saturated carbocycles. The summed E-state index contributed by atoms with van der Waals surface area (Å²) in [6, 6.07) is 7.69. The van der Waals surface area contributed by atoms with Gasteiger partial charge < -0.3 is 14.7 Å². The number of ether oxygens (including phenoxy) is 1. The summed E-state index contributed by atoms with van der Waals surface area (Å²) in [6.07, 6.45) is 1.72. The highest BCUT2D eigenvalue weighted by Gasteiger charge is 2.25. The van der Waals surface area contributed by atoms with Crippen molar-refractivity contribution >= 4 is 5.97 Å². The minimum Gasteiger partial charge on any atom is -0.490 e. The number of carboxylic acids is 1. The van der Waals surface area contributed by atoms with Gasteiger partial charge in [-0.05, 0) is 75.5 Å². The van der Waals surface area contributed by atoms with Gasteiger partial charge in [-0.3, -0.25) is 0 Å². The molecule has 0 bridgehead atoms. The lowest BCUT2D eigenvalue weighted by Gasteiger charge is -2.34. The van der Waals surface area contributed by atoms with Crippen molar-refractivity contribution in [1.29, 1.82) is 0 Å². The van der Waals surface area contributed by atoms with Gasteiger partial charge in [0, 0.05) is 12.1 Å². The monoisotopic (exact) mass is 421 g/mol. The number of alkyl halides is 1. The van der Waals surface area contributed by atoms with Crippen LogP contribution in [0, 0.1) is 17.6 Å². The van der Waals surface area contributed by atoms with Crippen LogP contribution in [-0.4, -0.2) is 47.9 Å². The van der Waals surface area contributed by atoms with Crippen LogP contribution in [-0.2, 0) is 0 Å². The zero-order valence-corrected chi connectivity index (χ0v) is 17.1. The summed E-state index contributed by atoms with van der Waals surface area (Å²) in [6.45, 7) is 5.48. The highest BCUT2D eigenvalue weighted by molar-refractivity contribution is 5.88. The number of nitrogens with zero attached hydrogens (tertiary/aromatic N) is 1. The van der Waals surface area contributed by atoms with Crippen LogP contribution in [0.15, 0.2) is 36.4 Å². The molecule has 0 amide bonds. The molecule has 1 heterocycles. The van der Waals surface area contributed by atoms with E-state index in [0.29, 0.717) is 18.7 Å². The van der Waals surface area contributed by atoms with E-state index in [1.54, 1.807) is 19.9 Å². The third-order valence-electron chi connectivity index (χ3n) is 5.24. The van der Waals surface area contributed by atoms with Gasteiger partial charge in [0.25, 0.3) is 0 Å². The number of aromatic carboxylic acids is 1. The minimum absolute atomic E-state index is 0.0913. The van der Waals surface area contributed by atoms with E-state index in [4.69, 9.17) is 9.84 Å². The summed E-state index contributed by atoms with van der Waals surface area (Å²) in [5.41, 5.74) is -0.968. The third-order valence-corrected chi connectivity index (χ3v) is 5.24. The lowest BCUT2D eigenvalue weighted by Crippen LogP contribution is -2.41. The Labute approximate surface area is 174 Å². The molecule has 1 fully saturated rings. The lowest BCUT2D eigenvalue weighted by atomic mass is 9.96. The maximum Gasteiger partial charge on any atom is 0.335 e. The van der Waals surface area contributed by atoms with Crippen LogP contribution in [0.2, 0.25) is 0 Å². The van der Waals surface area contributed by atoms with Gasteiger partial charge in [-0.1, -0.05) is 12.1 Å². The fourth-order valence-electron chi connectivity index (χ4n) is 3.72. The number of halogens is 3. The third kappa shape index (κ3) is 5.75. The molecule has 162 valence electrons. The summed E-state index contributed by atoms with van der Waals surface area (Å²) in [4.78, 5) is 13.0. The first-order valence-corrected chi connectivity index (χ1v) is 9.99. The Hall–Kier alpha value is -2.54. The van der Waals surface area contributed by atoms with Crippen molar-refractivity contribution in [2.24, 2.45) is 5.92 Å². The number of hydrogen-bond donors (Lipinski definition) is 1. The van der Waals surface area contributed by atoms with Crippen LogP contribution in [0.1, 0.15) is 37.0 Å². The lowest BCUT2D eigenvalue weighted by molar-refractivity contribution is 0.0696. The molecule has 0 unspecified atom stereocenters. The molecule has 0 aliphatic carbocycles. The van der Waals surface area contributed by atoms with Gasteiger partial charge in [-0.25, -0.2) is 18.0 Å². The number of likely N-dealkylation sites (tertiary alicyclic amines) is 1. The first kappa shape index (κ1) is 22.2. The van der Waals surface area contributed by atoms with Crippen LogP contribution in [0.5, 0.6) is 5.75 Å². The highest BCUT2D eigenvalue weighted by atomic mass is 19.1. The van der Waals surface area contributed by atoms with Crippen LogP contribution < -0.4 is 4.74 Å². The average molecular weight is 421 g/mol. The van der Waals surface area contributed by atoms with E-state index in [0.717, 1.165) is 32.0 Å². The quantitative estimate of drug-likeness (QED) is 0.670. The number of carboxylic acid groups (broad SMARTS) is 1. The van der Waals surface area contributed by atoms with E-state index in [9.17, 15) is 18.0 Å². The number of benzene rings is 2. The molecule has 1 aliphatic heterocycles. The fraction of sp³-hybridized carbons (Fsp3) is 0.435. The van der Waals surface area contributed by atoms with E-state index in [2.05, 4.69) is 4.90 Å². The van der Waals surface area contributed by atoms with Gasteiger partial charge in [0.1, 0.15) is 11.5 Å². The molecule has 1 N–H and O–H groups in total. The number of rotatable bonds is 7. The zero-order valence-electron chi connectivity index (χ0n) is 17.1. The molecule has 0 radical (unpaired) electrons. The van der Waals surface area contributed by atoms with Gasteiger partial charge in [0.05, 0.1) is 12.2 Å². The molecule has 1 saturated heterocycles. The predicted octanol–water partition coefficient (Wildman–Crippen LogP) is 5.17. The SMILES string of the molecule is CC(C)(F)CN1CCC(COc2ccc(-c3ccc(C(=O)O)cc3F)cc2F)CC1. The standard InChI is InChI=1S/C23H26F3NO3/c1-23(2,26)14-27-9-7-15(8-10-27)13-30-21-6-4-16(11-20(21)25)18-5-3-17(22(28)29)12-19(18)24/h3-6,11-12,15H,7-10,13-14H2,1-2H3,(H,28,29). The van der Waals surface area contributed by atoms with E-state index >= 15 is 0 Å². The van der Waals surface area contributed by atoms with Crippen molar-refractivity contribution in [1.82, 2.24) is 4.90 Å². The first-order valence-electron chi connectivity index (χ1n) is 9.99. The van der Waals surface area contributed by atoms with E-state index in [-0.39, 0.29) is 22.8 Å². The fourth-order valence-corrected chi connectivity index (χ4v) is 3.72. The van der Waals surface area contributed by atoms with Crippen molar-refractivity contribution in [3.8, 4) is 16.9 Å². The Morgan fingerprint density at radius 3 is 2.40 bits per heavy atom. The number of carbonyl (C=O) groups is 1. The Balaban J connectivity index is 1.58. The first-order chi connectivity index (χ1) is 14.1. The average Bonchev–Trinajstić information content (AvgIpc) is 2.67. The Morgan fingerprint density at radius 2 is 1.83 bits per heavy atom. The van der Waals surface area contributed by atoms with Crippen LogP contribution in [0.3, 0.4) is 0 Å². The molecule has 30 heavy (non-hydrogen) atoms. The summed E-state index contributed by atoms with van der Waals surface area (Å²) < 4.78 is 48.1. The maximum absolute atomic E-state index is 14.5. The molecule has 3 rings (SSSR count). The second-order valence-corrected chi connectivity index (χ2v) is 8.39. The molecule has 0 spiro atoms. The Bertz CT molecular complexity index is 903. The molecule has 7 heteroatoms. The second-order valence-electron chi connectivity index (χ2n) is 8.39. The van der Waals surface area contributed by atoms with Gasteiger partial charge >= 0.3 is 5.97 Å². The van der Waals surface area contributed by atoms with Crippen LogP contribution in [0.4, 0.5) is 13.2 Å². The van der Waals surface area contributed by atoms with Gasteiger partial charge in [0.15, 0.2) is 11.6 Å². The molecular formula is C23H26F3NO3. The van der Waals surface area contributed by atoms with Crippen molar-refractivity contribution in [3.63, 3.8) is 0 Å². The summed E-state index contributed by atoms with van der Waals surface area (Å²) in [5, 5.41) is 8.92. The highest BCUT2D eigenvalue weighted by Crippen LogP contribution is 2.29. The van der Waals surface area contributed by atoms with Crippen molar-refractivity contribution in [3.05, 3.63) is 53.6 Å². The molecular weight excluding hydrogens is 395 g/mol. The largest absolute Gasteiger partial charge is 0.490 e. The predicted molar refractivity (Wildman–Crippen MR) is 109 cm³/mol. The molecule has 4 nitrogen and oxygen atoms in total.